The van der Waals surface area contributed by atoms with Crippen LogP contribution in [0.3, 0.4) is 0 Å². The molecular weight excluding hydrogens is 223 g/mol. The number of hydrogen-bond acceptors (Lipinski definition) is 4. The molecule has 2 heterocycles. The number of anilines is 1. The summed E-state index contributed by atoms with van der Waals surface area (Å²) < 4.78 is 0. The van der Waals surface area contributed by atoms with Gasteiger partial charge in [-0.15, -0.1) is 12.4 Å². The minimum atomic E-state index is 0. The van der Waals surface area contributed by atoms with Gasteiger partial charge in [0.25, 0.3) is 0 Å². The van der Waals surface area contributed by atoms with E-state index in [1.807, 2.05) is 0 Å². The second-order valence-corrected chi connectivity index (χ2v) is 3.58. The Morgan fingerprint density at radius 2 is 2.29 bits per heavy atom. The van der Waals surface area contributed by atoms with E-state index >= 15 is 0 Å². The van der Waals surface area contributed by atoms with Gasteiger partial charge in [0, 0.05) is 25.2 Å². The number of hydrogen-bond donors (Lipinski definition) is 1. The van der Waals surface area contributed by atoms with Crippen LogP contribution in [0.15, 0.2) is 12.4 Å². The average molecular weight is 235 g/mol. The molecule has 1 aromatic heterocycles. The van der Waals surface area contributed by atoms with Crippen LogP contribution in [0, 0.1) is 0 Å². The summed E-state index contributed by atoms with van der Waals surface area (Å²) in [6, 6.07) is 2.02. The monoisotopic (exact) mass is 234 g/mol. The van der Waals surface area contributed by atoms with E-state index in [1.54, 1.807) is 6.07 Å². The molecule has 78 valence electrons. The summed E-state index contributed by atoms with van der Waals surface area (Å²) >= 11 is 5.75. The Labute approximate surface area is 93.9 Å². The van der Waals surface area contributed by atoms with Crippen LogP contribution in [-0.2, 0) is 0 Å². The number of halogens is 2. The lowest BCUT2D eigenvalue weighted by Crippen LogP contribution is -2.26. The highest BCUT2D eigenvalue weighted by atomic mass is 35.5. The van der Waals surface area contributed by atoms with Crippen LogP contribution in [0.25, 0.3) is 0 Å². The zero-order valence-corrected chi connectivity index (χ0v) is 9.13. The fourth-order valence-corrected chi connectivity index (χ4v) is 1.63. The number of nitrogens with zero attached hydrogens (tertiary/aromatic N) is 3. The molecule has 1 aromatic rings. The normalized spacial score (nSPS) is 20.7. The van der Waals surface area contributed by atoms with Gasteiger partial charge in [0.1, 0.15) is 17.3 Å². The Balaban J connectivity index is 0.000000980. The molecule has 1 atom stereocenters. The van der Waals surface area contributed by atoms with Gasteiger partial charge in [0.2, 0.25) is 0 Å². The molecule has 0 spiro atoms. The minimum absolute atomic E-state index is 0. The molecule has 1 aliphatic rings. The third-order valence-electron chi connectivity index (χ3n) is 2.17. The molecule has 2 rings (SSSR count). The molecule has 0 saturated carbocycles. The molecular formula is C8H12Cl2N4. The van der Waals surface area contributed by atoms with Crippen molar-refractivity contribution in [3.63, 3.8) is 0 Å². The van der Waals surface area contributed by atoms with Crippen molar-refractivity contribution in [2.24, 2.45) is 5.73 Å². The SMILES string of the molecule is Cl.N[C@@H]1CCN(c2cc(Cl)ncn2)C1. The standard InChI is InChI=1S/C8H11ClN4.ClH/c9-7-3-8(12-5-11-7)13-2-1-6(10)4-13;/h3,5-6H,1-2,4,10H2;1H/t6-;/m1./s1. The minimum Gasteiger partial charge on any atom is -0.355 e. The van der Waals surface area contributed by atoms with Crippen LogP contribution in [0.5, 0.6) is 0 Å². The van der Waals surface area contributed by atoms with E-state index in [2.05, 4.69) is 14.9 Å². The largest absolute Gasteiger partial charge is 0.355 e. The number of nitrogens with two attached hydrogens (primary N) is 1. The molecule has 14 heavy (non-hydrogen) atoms. The smallest absolute Gasteiger partial charge is 0.134 e. The molecule has 0 aliphatic carbocycles. The van der Waals surface area contributed by atoms with E-state index in [4.69, 9.17) is 17.3 Å². The maximum atomic E-state index is 5.78. The molecule has 1 saturated heterocycles. The molecule has 4 nitrogen and oxygen atoms in total. The van der Waals surface area contributed by atoms with Crippen molar-refractivity contribution in [1.82, 2.24) is 9.97 Å². The van der Waals surface area contributed by atoms with E-state index < -0.39 is 0 Å². The Morgan fingerprint density at radius 3 is 2.86 bits per heavy atom. The van der Waals surface area contributed by atoms with Crippen LogP contribution in [0.1, 0.15) is 6.42 Å². The average Bonchev–Trinajstić information content (AvgIpc) is 2.52. The summed E-state index contributed by atoms with van der Waals surface area (Å²) in [5.74, 6) is 0.868. The van der Waals surface area contributed by atoms with Crippen LogP contribution >= 0.6 is 24.0 Å². The van der Waals surface area contributed by atoms with Gasteiger partial charge in [-0.2, -0.15) is 0 Å². The third-order valence-corrected chi connectivity index (χ3v) is 2.37. The molecule has 0 aromatic carbocycles. The van der Waals surface area contributed by atoms with Gasteiger partial charge in [-0.3, -0.25) is 0 Å². The van der Waals surface area contributed by atoms with Gasteiger partial charge in [0.15, 0.2) is 0 Å². The Hall–Kier alpha value is -0.580. The van der Waals surface area contributed by atoms with Crippen LogP contribution < -0.4 is 10.6 Å². The fourth-order valence-electron chi connectivity index (χ4n) is 1.49. The topological polar surface area (TPSA) is 55.0 Å². The van der Waals surface area contributed by atoms with Crippen molar-refractivity contribution in [3.8, 4) is 0 Å². The predicted molar refractivity (Wildman–Crippen MR) is 59.1 cm³/mol. The summed E-state index contributed by atoms with van der Waals surface area (Å²) in [7, 11) is 0. The Kier molecular flexibility index (Phi) is 3.92. The first-order chi connectivity index (χ1) is 6.25. The maximum absolute atomic E-state index is 5.78. The van der Waals surface area contributed by atoms with Gasteiger partial charge in [0.05, 0.1) is 0 Å². The predicted octanol–water partition coefficient (Wildman–Crippen LogP) is 1.09. The highest BCUT2D eigenvalue weighted by Crippen LogP contribution is 2.18. The molecule has 0 bridgehead atoms. The van der Waals surface area contributed by atoms with E-state index in [-0.39, 0.29) is 18.4 Å². The third kappa shape index (κ3) is 2.47. The zero-order valence-electron chi connectivity index (χ0n) is 7.56. The summed E-state index contributed by atoms with van der Waals surface area (Å²) in [4.78, 5) is 10.1. The van der Waals surface area contributed by atoms with Crippen molar-refractivity contribution >= 4 is 29.8 Å². The van der Waals surface area contributed by atoms with Crippen molar-refractivity contribution in [1.29, 1.82) is 0 Å². The van der Waals surface area contributed by atoms with Gasteiger partial charge in [-0.05, 0) is 6.42 Å². The van der Waals surface area contributed by atoms with Crippen LogP contribution in [0.2, 0.25) is 5.15 Å². The van der Waals surface area contributed by atoms with E-state index in [0.717, 1.165) is 25.3 Å². The number of rotatable bonds is 1. The van der Waals surface area contributed by atoms with Crippen molar-refractivity contribution in [3.05, 3.63) is 17.5 Å². The molecule has 1 fully saturated rings. The van der Waals surface area contributed by atoms with Gasteiger partial charge in [-0.25, -0.2) is 9.97 Å². The Bertz CT molecular complexity index is 307. The van der Waals surface area contributed by atoms with Crippen molar-refractivity contribution in [2.45, 2.75) is 12.5 Å². The zero-order chi connectivity index (χ0) is 9.26. The molecule has 1 aliphatic heterocycles. The van der Waals surface area contributed by atoms with Crippen LogP contribution in [-0.4, -0.2) is 29.1 Å². The second kappa shape index (κ2) is 4.77. The summed E-state index contributed by atoms with van der Waals surface area (Å²) in [5.41, 5.74) is 5.78. The maximum Gasteiger partial charge on any atom is 0.134 e. The first-order valence-corrected chi connectivity index (χ1v) is 4.61. The molecule has 0 radical (unpaired) electrons. The second-order valence-electron chi connectivity index (χ2n) is 3.19. The number of aromatic nitrogens is 2. The lowest BCUT2D eigenvalue weighted by Gasteiger charge is -2.15. The van der Waals surface area contributed by atoms with Crippen LogP contribution in [0.4, 0.5) is 5.82 Å². The first kappa shape index (κ1) is 11.5. The fraction of sp³-hybridized carbons (Fsp3) is 0.500. The van der Waals surface area contributed by atoms with Gasteiger partial charge < -0.3 is 10.6 Å². The summed E-state index contributed by atoms with van der Waals surface area (Å²) in [6.45, 7) is 1.81. The Morgan fingerprint density at radius 1 is 1.50 bits per heavy atom. The molecule has 0 unspecified atom stereocenters. The van der Waals surface area contributed by atoms with E-state index in [9.17, 15) is 0 Å². The lowest BCUT2D eigenvalue weighted by atomic mass is 10.3. The summed E-state index contributed by atoms with van der Waals surface area (Å²) in [6.07, 6.45) is 2.49. The first-order valence-electron chi connectivity index (χ1n) is 4.24. The van der Waals surface area contributed by atoms with Gasteiger partial charge in [-0.1, -0.05) is 11.6 Å². The highest BCUT2D eigenvalue weighted by Gasteiger charge is 2.20. The summed E-state index contributed by atoms with van der Waals surface area (Å²) in [5, 5.41) is 0.477. The quantitative estimate of drug-likeness (QED) is 0.740. The van der Waals surface area contributed by atoms with Crippen molar-refractivity contribution < 1.29 is 0 Å². The van der Waals surface area contributed by atoms with Gasteiger partial charge >= 0.3 is 0 Å². The molecule has 0 amide bonds. The van der Waals surface area contributed by atoms with E-state index in [0.29, 0.717) is 5.15 Å². The molecule has 6 heteroatoms. The highest BCUT2D eigenvalue weighted by molar-refractivity contribution is 6.29. The van der Waals surface area contributed by atoms with Crippen molar-refractivity contribution in [2.75, 3.05) is 18.0 Å². The molecule has 2 N–H and O–H groups in total. The lowest BCUT2D eigenvalue weighted by molar-refractivity contribution is 0.751. The van der Waals surface area contributed by atoms with E-state index in [1.165, 1.54) is 6.33 Å².